The minimum atomic E-state index is 0. The Labute approximate surface area is 57.0 Å². The van der Waals surface area contributed by atoms with E-state index in [9.17, 15) is 0 Å². The fourth-order valence-electron chi connectivity index (χ4n) is 0. The van der Waals surface area contributed by atoms with Crippen molar-refractivity contribution in [3.63, 3.8) is 0 Å². The molecule has 0 aliphatic rings. The molecule has 0 unspecified atom stereocenters. The summed E-state index contributed by atoms with van der Waals surface area (Å²) in [4.78, 5) is 0. The molecular formula is AlMoN3. The minimum absolute atomic E-state index is 0. The van der Waals surface area contributed by atoms with Crippen LogP contribution in [-0.2, 0) is 21.1 Å². The van der Waals surface area contributed by atoms with Gasteiger partial charge in [0.25, 0.3) is 0 Å². The fraction of sp³-hybridized carbons (Fsp3) is 0. The van der Waals surface area contributed by atoms with Crippen molar-refractivity contribution < 1.29 is 21.1 Å². The Morgan fingerprint density at radius 3 is 0.600 bits per heavy atom. The third-order valence-corrected chi connectivity index (χ3v) is 0. The molecule has 0 rings (SSSR count). The van der Waals surface area contributed by atoms with E-state index >= 15 is 0 Å². The first-order valence-corrected chi connectivity index (χ1v) is 0. The first-order valence-electron chi connectivity index (χ1n) is 0. The van der Waals surface area contributed by atoms with Gasteiger partial charge in [0.15, 0.2) is 0 Å². The van der Waals surface area contributed by atoms with Crippen molar-refractivity contribution in [2.75, 3.05) is 0 Å². The van der Waals surface area contributed by atoms with E-state index in [0.717, 1.165) is 0 Å². The van der Waals surface area contributed by atoms with Crippen LogP contribution in [0.1, 0.15) is 0 Å². The quantitative estimate of drug-likeness (QED) is 0.467. The van der Waals surface area contributed by atoms with Gasteiger partial charge in [-0.1, -0.05) is 0 Å². The Hall–Kier alpha value is 1.10. The Morgan fingerprint density at radius 1 is 0.600 bits per heavy atom. The number of rotatable bonds is 0. The van der Waals surface area contributed by atoms with Crippen LogP contribution in [0.3, 0.4) is 0 Å². The molecule has 0 amide bonds. The summed E-state index contributed by atoms with van der Waals surface area (Å²) in [5.41, 5.74) is 0. The van der Waals surface area contributed by atoms with Gasteiger partial charge in [0.2, 0.25) is 0 Å². The van der Waals surface area contributed by atoms with E-state index < -0.39 is 0 Å². The van der Waals surface area contributed by atoms with Crippen molar-refractivity contribution in [3.05, 3.63) is 18.5 Å². The van der Waals surface area contributed by atoms with E-state index in [1.165, 1.54) is 0 Å². The molecule has 0 atom stereocenters. The zero-order valence-corrected chi connectivity index (χ0v) is 5.49. The monoisotopic (exact) mass is 167 g/mol. The Morgan fingerprint density at radius 2 is 0.600 bits per heavy atom. The second-order valence-electron chi connectivity index (χ2n) is 0. The number of hydrogen-bond donors (Lipinski definition) is 0. The zero-order chi connectivity index (χ0) is 0. The predicted molar refractivity (Wildman–Crippen MR) is 15.8 cm³/mol. The summed E-state index contributed by atoms with van der Waals surface area (Å²) in [7, 11) is 0. The summed E-state index contributed by atoms with van der Waals surface area (Å²) in [6.45, 7) is 0. The van der Waals surface area contributed by atoms with Crippen LogP contribution in [0, 0.1) is 0 Å². The smallest absolute Gasteiger partial charge is 3.00 e. The second kappa shape index (κ2) is 70.8. The molecule has 3 nitrogen and oxygen atoms in total. The molecule has 0 N–H and O–H groups in total. The molecule has 0 spiro atoms. The molecule has 5 heteroatoms. The van der Waals surface area contributed by atoms with Crippen molar-refractivity contribution in [3.8, 4) is 0 Å². The number of hydrogen-bond acceptors (Lipinski definition) is 0. The molecule has 0 aromatic rings. The summed E-state index contributed by atoms with van der Waals surface area (Å²) in [5.74, 6) is 0. The molecule has 0 fully saturated rings. The molecule has 0 aromatic carbocycles. The topological polar surface area (TPSA) is 91.5 Å². The predicted octanol–water partition coefficient (Wildman–Crippen LogP) is 0.483. The minimum Gasteiger partial charge on any atom is -3.00 e. The molecule has 0 aliphatic heterocycles. The molecule has 0 saturated carbocycles. The third-order valence-electron chi connectivity index (χ3n) is 0. The maximum absolute atomic E-state index is 0. The van der Waals surface area contributed by atoms with Gasteiger partial charge < -0.3 is 18.5 Å². The Balaban J connectivity index is 0. The maximum Gasteiger partial charge on any atom is 6.00 e. The molecule has 0 saturated heterocycles. The van der Waals surface area contributed by atoms with Gasteiger partial charge in [-0.2, -0.15) is 0 Å². The van der Waals surface area contributed by atoms with Crippen molar-refractivity contribution in [2.24, 2.45) is 0 Å². The van der Waals surface area contributed by atoms with Gasteiger partial charge in [0.05, 0.1) is 0 Å². The zero-order valence-electron chi connectivity index (χ0n) is 2.33. The second-order valence-corrected chi connectivity index (χ2v) is 0. The van der Waals surface area contributed by atoms with E-state index in [1.807, 2.05) is 0 Å². The van der Waals surface area contributed by atoms with E-state index in [0.29, 0.717) is 0 Å². The average Bonchev–Trinajstić information content (AvgIpc) is 0. The summed E-state index contributed by atoms with van der Waals surface area (Å²) >= 11 is 0. The van der Waals surface area contributed by atoms with Crippen LogP contribution in [0.5, 0.6) is 0 Å². The van der Waals surface area contributed by atoms with Gasteiger partial charge in [-0.3, -0.25) is 0 Å². The van der Waals surface area contributed by atoms with Gasteiger partial charge in [-0.15, -0.1) is 0 Å². The molecule has 24 valence electrons. The van der Waals surface area contributed by atoms with E-state index in [-0.39, 0.29) is 56.9 Å². The van der Waals surface area contributed by atoms with E-state index in [2.05, 4.69) is 0 Å². The summed E-state index contributed by atoms with van der Waals surface area (Å²) in [6, 6.07) is 0. The van der Waals surface area contributed by atoms with Crippen LogP contribution in [0.4, 0.5) is 0 Å². The molecule has 5 heavy (non-hydrogen) atoms. The van der Waals surface area contributed by atoms with Crippen LogP contribution in [0.2, 0.25) is 0 Å². The van der Waals surface area contributed by atoms with Crippen molar-refractivity contribution in [2.45, 2.75) is 0 Å². The van der Waals surface area contributed by atoms with Crippen molar-refractivity contribution in [1.29, 1.82) is 0 Å². The molecular weight excluding hydrogens is 165 g/mol. The van der Waals surface area contributed by atoms with E-state index in [4.69, 9.17) is 0 Å². The maximum atomic E-state index is 0. The first kappa shape index (κ1) is 131. The summed E-state index contributed by atoms with van der Waals surface area (Å²) in [6.07, 6.45) is 0. The first-order chi connectivity index (χ1) is 0. The summed E-state index contributed by atoms with van der Waals surface area (Å²) in [5, 5.41) is 0. The van der Waals surface area contributed by atoms with Crippen molar-refractivity contribution >= 4 is 17.4 Å². The van der Waals surface area contributed by atoms with Crippen LogP contribution >= 0.6 is 0 Å². The van der Waals surface area contributed by atoms with Gasteiger partial charge in [0, 0.05) is 0 Å². The molecule has 0 bridgehead atoms. The van der Waals surface area contributed by atoms with Gasteiger partial charge in [0.1, 0.15) is 0 Å². The molecule has 0 aliphatic carbocycles. The molecule has 0 aromatic heterocycles. The van der Waals surface area contributed by atoms with Gasteiger partial charge in [-0.25, -0.2) is 0 Å². The van der Waals surface area contributed by atoms with Gasteiger partial charge in [-0.05, 0) is 0 Å². The summed E-state index contributed by atoms with van der Waals surface area (Å²) < 4.78 is 0. The average molecular weight is 165 g/mol. The standard InChI is InChI=1S/Al.Mo.3N/q+3;+6;3*-3. The van der Waals surface area contributed by atoms with Crippen molar-refractivity contribution in [1.82, 2.24) is 0 Å². The normalized spacial score (nSPS) is 0. The fourth-order valence-corrected chi connectivity index (χ4v) is 0. The van der Waals surface area contributed by atoms with Crippen LogP contribution in [-0.4, -0.2) is 17.4 Å². The van der Waals surface area contributed by atoms with Crippen LogP contribution in [0.15, 0.2) is 0 Å². The SMILES string of the molecule is [Al+3].[Mo+6].[N-3].[N-3].[N-3]. The Bertz CT molecular complexity index is 6.85. The van der Waals surface area contributed by atoms with E-state index in [1.54, 1.807) is 0 Å². The number of nitrogens with zero attached hydrogens (tertiary/aromatic N) is 3. The van der Waals surface area contributed by atoms with Crippen LogP contribution in [0.25, 0.3) is 18.5 Å². The molecule has 0 heterocycles. The largest absolute Gasteiger partial charge is 6.00 e. The molecule has 0 radical (unpaired) electrons. The van der Waals surface area contributed by atoms with Crippen LogP contribution < -0.4 is 0 Å². The van der Waals surface area contributed by atoms with Gasteiger partial charge >= 0.3 is 38.4 Å². The Kier molecular flexibility index (Phi) is 1850. The third kappa shape index (κ3) is 40.5.